The molecule has 0 spiro atoms. The Morgan fingerprint density at radius 3 is 2.83 bits per heavy atom. The third-order valence-corrected chi connectivity index (χ3v) is 4.74. The number of rotatable bonds is 6. The SMILES string of the molecule is CCNCC1(Cc2ncnn2CC)CC2CC2C1. The third kappa shape index (κ3) is 2.18. The van der Waals surface area contributed by atoms with E-state index in [1.165, 1.54) is 25.1 Å². The van der Waals surface area contributed by atoms with Crippen LogP contribution in [0.15, 0.2) is 6.33 Å². The smallest absolute Gasteiger partial charge is 0.138 e. The lowest BCUT2D eigenvalue weighted by molar-refractivity contribution is 0.242. The summed E-state index contributed by atoms with van der Waals surface area (Å²) < 4.78 is 2.05. The predicted molar refractivity (Wildman–Crippen MR) is 71.2 cm³/mol. The number of hydrogen-bond acceptors (Lipinski definition) is 3. The molecular weight excluding hydrogens is 224 g/mol. The van der Waals surface area contributed by atoms with Crippen molar-refractivity contribution in [3.8, 4) is 0 Å². The second-order valence-electron chi connectivity index (χ2n) is 6.11. The molecule has 4 nitrogen and oxygen atoms in total. The Bertz CT molecular complexity index is 402. The molecule has 2 unspecified atom stereocenters. The minimum atomic E-state index is 0.448. The Hall–Kier alpha value is -0.900. The van der Waals surface area contributed by atoms with E-state index in [0.29, 0.717) is 5.41 Å². The van der Waals surface area contributed by atoms with Gasteiger partial charge in [-0.2, -0.15) is 5.10 Å². The first kappa shape index (κ1) is 12.2. The Morgan fingerprint density at radius 2 is 2.17 bits per heavy atom. The molecule has 0 aromatic carbocycles. The lowest BCUT2D eigenvalue weighted by Crippen LogP contribution is -2.36. The van der Waals surface area contributed by atoms with Crippen LogP contribution in [0.25, 0.3) is 0 Å². The first-order chi connectivity index (χ1) is 8.76. The predicted octanol–water partition coefficient (Wildman–Crippen LogP) is 1.87. The summed E-state index contributed by atoms with van der Waals surface area (Å²) in [7, 11) is 0. The lowest BCUT2D eigenvalue weighted by atomic mass is 9.79. The number of hydrogen-bond donors (Lipinski definition) is 1. The van der Waals surface area contributed by atoms with Crippen LogP contribution < -0.4 is 5.32 Å². The van der Waals surface area contributed by atoms with Crippen molar-refractivity contribution in [3.63, 3.8) is 0 Å². The maximum absolute atomic E-state index is 4.47. The molecule has 2 saturated carbocycles. The van der Waals surface area contributed by atoms with Crippen molar-refractivity contribution in [2.45, 2.75) is 46.1 Å². The molecular formula is C14H24N4. The fourth-order valence-corrected chi connectivity index (χ4v) is 3.77. The number of aryl methyl sites for hydroxylation is 1. The number of nitrogens with zero attached hydrogens (tertiary/aromatic N) is 3. The molecule has 0 saturated heterocycles. The molecule has 18 heavy (non-hydrogen) atoms. The maximum atomic E-state index is 4.47. The average Bonchev–Trinajstić information content (AvgIpc) is 2.80. The molecule has 3 rings (SSSR count). The molecule has 2 aliphatic carbocycles. The minimum Gasteiger partial charge on any atom is -0.316 e. The molecule has 1 heterocycles. The third-order valence-electron chi connectivity index (χ3n) is 4.74. The maximum Gasteiger partial charge on any atom is 0.138 e. The van der Waals surface area contributed by atoms with E-state index in [-0.39, 0.29) is 0 Å². The van der Waals surface area contributed by atoms with E-state index in [9.17, 15) is 0 Å². The summed E-state index contributed by atoms with van der Waals surface area (Å²) >= 11 is 0. The Morgan fingerprint density at radius 1 is 1.39 bits per heavy atom. The monoisotopic (exact) mass is 248 g/mol. The summed E-state index contributed by atoms with van der Waals surface area (Å²) in [5.41, 5.74) is 0.448. The molecule has 1 N–H and O–H groups in total. The van der Waals surface area contributed by atoms with Crippen molar-refractivity contribution in [3.05, 3.63) is 12.2 Å². The average molecular weight is 248 g/mol. The fraction of sp³-hybridized carbons (Fsp3) is 0.857. The van der Waals surface area contributed by atoms with Gasteiger partial charge >= 0.3 is 0 Å². The number of fused-ring (bicyclic) bond motifs is 1. The van der Waals surface area contributed by atoms with Gasteiger partial charge in [0.2, 0.25) is 0 Å². The van der Waals surface area contributed by atoms with Crippen molar-refractivity contribution in [1.29, 1.82) is 0 Å². The molecule has 2 atom stereocenters. The van der Waals surface area contributed by atoms with Crippen LogP contribution in [0.3, 0.4) is 0 Å². The van der Waals surface area contributed by atoms with Gasteiger partial charge in [0.15, 0.2) is 0 Å². The van der Waals surface area contributed by atoms with Crippen LogP contribution in [0.2, 0.25) is 0 Å². The van der Waals surface area contributed by atoms with Gasteiger partial charge in [-0.25, -0.2) is 4.98 Å². The van der Waals surface area contributed by atoms with Crippen LogP contribution in [-0.2, 0) is 13.0 Å². The zero-order valence-corrected chi connectivity index (χ0v) is 11.5. The van der Waals surface area contributed by atoms with E-state index < -0.39 is 0 Å². The summed E-state index contributed by atoms with van der Waals surface area (Å²) in [4.78, 5) is 4.47. The van der Waals surface area contributed by atoms with E-state index in [1.807, 2.05) is 0 Å². The Balaban J connectivity index is 1.73. The van der Waals surface area contributed by atoms with Gasteiger partial charge in [-0.3, -0.25) is 4.68 Å². The van der Waals surface area contributed by atoms with E-state index in [4.69, 9.17) is 0 Å². The second kappa shape index (κ2) is 4.65. The van der Waals surface area contributed by atoms with Crippen LogP contribution in [0.1, 0.15) is 38.9 Å². The van der Waals surface area contributed by atoms with Crippen LogP contribution in [0.5, 0.6) is 0 Å². The van der Waals surface area contributed by atoms with Gasteiger partial charge in [0, 0.05) is 19.5 Å². The fourth-order valence-electron chi connectivity index (χ4n) is 3.77. The van der Waals surface area contributed by atoms with Crippen LogP contribution in [-0.4, -0.2) is 27.9 Å². The Labute approximate surface area is 109 Å². The first-order valence-corrected chi connectivity index (χ1v) is 7.34. The van der Waals surface area contributed by atoms with Gasteiger partial charge in [0.1, 0.15) is 12.2 Å². The van der Waals surface area contributed by atoms with Gasteiger partial charge in [0.25, 0.3) is 0 Å². The van der Waals surface area contributed by atoms with Crippen molar-refractivity contribution in [2.75, 3.05) is 13.1 Å². The summed E-state index contributed by atoms with van der Waals surface area (Å²) in [6.45, 7) is 7.48. The van der Waals surface area contributed by atoms with Crippen molar-refractivity contribution >= 4 is 0 Å². The van der Waals surface area contributed by atoms with Gasteiger partial charge < -0.3 is 5.32 Å². The zero-order valence-electron chi connectivity index (χ0n) is 11.5. The van der Waals surface area contributed by atoms with Crippen molar-refractivity contribution < 1.29 is 0 Å². The number of nitrogens with one attached hydrogen (secondary N) is 1. The molecule has 2 fully saturated rings. The Kier molecular flexibility index (Phi) is 3.14. The quantitative estimate of drug-likeness (QED) is 0.835. The van der Waals surface area contributed by atoms with Crippen LogP contribution in [0, 0.1) is 17.3 Å². The molecule has 0 aliphatic heterocycles. The standard InChI is InChI=1S/C14H24N4/c1-3-15-9-14(6-11-5-12(11)7-14)8-13-16-10-17-18(13)4-2/h10-12,15H,3-9H2,1-2H3. The normalized spacial score (nSPS) is 33.7. The molecule has 2 aliphatic rings. The van der Waals surface area contributed by atoms with E-state index in [1.54, 1.807) is 6.33 Å². The highest BCUT2D eigenvalue weighted by Gasteiger charge is 2.53. The molecule has 1 aromatic heterocycles. The molecule has 0 radical (unpaired) electrons. The molecule has 0 bridgehead atoms. The largest absolute Gasteiger partial charge is 0.316 e. The summed E-state index contributed by atoms with van der Waals surface area (Å²) in [5.74, 6) is 3.21. The van der Waals surface area contributed by atoms with Crippen LogP contribution in [0.4, 0.5) is 0 Å². The van der Waals surface area contributed by atoms with Crippen LogP contribution >= 0.6 is 0 Å². The van der Waals surface area contributed by atoms with Gasteiger partial charge in [-0.15, -0.1) is 0 Å². The first-order valence-electron chi connectivity index (χ1n) is 7.34. The summed E-state index contributed by atoms with van der Waals surface area (Å²) in [6, 6.07) is 0. The molecule has 0 amide bonds. The van der Waals surface area contributed by atoms with E-state index in [2.05, 4.69) is 33.9 Å². The van der Waals surface area contributed by atoms with Crippen molar-refractivity contribution in [1.82, 2.24) is 20.1 Å². The van der Waals surface area contributed by atoms with Crippen molar-refractivity contribution in [2.24, 2.45) is 17.3 Å². The summed E-state index contributed by atoms with van der Waals surface area (Å²) in [6.07, 6.45) is 7.06. The molecule has 4 heteroatoms. The zero-order chi connectivity index (χ0) is 12.6. The lowest BCUT2D eigenvalue weighted by Gasteiger charge is -2.31. The second-order valence-corrected chi connectivity index (χ2v) is 6.11. The number of aromatic nitrogens is 3. The highest BCUT2D eigenvalue weighted by Crippen LogP contribution is 2.60. The summed E-state index contributed by atoms with van der Waals surface area (Å²) in [5, 5.41) is 7.87. The van der Waals surface area contributed by atoms with Gasteiger partial charge in [0.05, 0.1) is 0 Å². The highest BCUT2D eigenvalue weighted by atomic mass is 15.3. The van der Waals surface area contributed by atoms with E-state index in [0.717, 1.165) is 37.9 Å². The molecule has 100 valence electrons. The van der Waals surface area contributed by atoms with Gasteiger partial charge in [-0.05, 0) is 50.0 Å². The topological polar surface area (TPSA) is 42.7 Å². The minimum absolute atomic E-state index is 0.448. The van der Waals surface area contributed by atoms with Gasteiger partial charge in [-0.1, -0.05) is 6.92 Å². The van der Waals surface area contributed by atoms with E-state index >= 15 is 0 Å². The molecule has 1 aromatic rings. The highest BCUT2D eigenvalue weighted by molar-refractivity contribution is 5.07.